The van der Waals surface area contributed by atoms with Crippen molar-refractivity contribution < 1.29 is 15.0 Å². The normalized spacial score (nSPS) is 17.7. The zero-order chi connectivity index (χ0) is 15.1. The minimum absolute atomic E-state index is 0.0113. The molecule has 0 spiro atoms. The first kappa shape index (κ1) is 16.8. The second kappa shape index (κ2) is 8.15. The third-order valence-corrected chi connectivity index (χ3v) is 3.32. The lowest BCUT2D eigenvalue weighted by Gasteiger charge is -2.25. The summed E-state index contributed by atoms with van der Waals surface area (Å²) in [7, 11) is 0. The van der Waals surface area contributed by atoms with Crippen molar-refractivity contribution in [3.8, 4) is 5.75 Å². The van der Waals surface area contributed by atoms with Gasteiger partial charge in [-0.2, -0.15) is 0 Å². The van der Waals surface area contributed by atoms with Crippen molar-refractivity contribution in [3.05, 3.63) is 40.4 Å². The largest absolute Gasteiger partial charge is 0.508 e. The number of aliphatic hydroxyl groups excluding tert-OH is 1. The second-order valence-electron chi connectivity index (χ2n) is 4.31. The number of halogens is 2. The zero-order valence-corrected chi connectivity index (χ0v) is 12.6. The molecule has 0 aliphatic carbocycles. The van der Waals surface area contributed by atoms with E-state index >= 15 is 0 Å². The van der Waals surface area contributed by atoms with Crippen LogP contribution in [0.25, 0.3) is 0 Å². The van der Waals surface area contributed by atoms with Crippen molar-refractivity contribution in [2.24, 2.45) is 0 Å². The van der Waals surface area contributed by atoms with Crippen molar-refractivity contribution in [1.82, 2.24) is 4.90 Å². The van der Waals surface area contributed by atoms with Gasteiger partial charge in [0, 0.05) is 12.6 Å². The molecular formula is C14H17Cl2NO3. The summed E-state index contributed by atoms with van der Waals surface area (Å²) in [6.07, 6.45) is 3.43. The van der Waals surface area contributed by atoms with Crippen LogP contribution >= 0.6 is 23.2 Å². The van der Waals surface area contributed by atoms with Gasteiger partial charge in [0.1, 0.15) is 5.75 Å². The first-order valence-corrected chi connectivity index (χ1v) is 6.98. The molecule has 20 heavy (non-hydrogen) atoms. The number of rotatable bonds is 2. The summed E-state index contributed by atoms with van der Waals surface area (Å²) < 4.78 is 0. The summed E-state index contributed by atoms with van der Waals surface area (Å²) in [6, 6.07) is 4.41. The Labute approximate surface area is 128 Å². The predicted octanol–water partition coefficient (Wildman–Crippen LogP) is 2.85. The fourth-order valence-corrected chi connectivity index (χ4v) is 1.92. The van der Waals surface area contributed by atoms with E-state index in [1.54, 1.807) is 11.0 Å². The van der Waals surface area contributed by atoms with E-state index < -0.39 is 6.10 Å². The summed E-state index contributed by atoms with van der Waals surface area (Å²) >= 11 is 11.1. The van der Waals surface area contributed by atoms with Crippen LogP contribution in [0.2, 0.25) is 10.0 Å². The third-order valence-electron chi connectivity index (χ3n) is 2.58. The molecule has 1 aromatic rings. The standard InChI is InChI=1S/C8H13NO2.C6H4Cl2O/c1-2-5-9-6-7(10)3-4-8(9)11;7-5-2-1-4(9)3-6(5)8/h3-4,7,10H,2,5-6H2,1H3;1-3,9H. The lowest BCUT2D eigenvalue weighted by atomic mass is 10.2. The highest BCUT2D eigenvalue weighted by Crippen LogP contribution is 2.24. The van der Waals surface area contributed by atoms with Gasteiger partial charge in [-0.25, -0.2) is 0 Å². The predicted molar refractivity (Wildman–Crippen MR) is 80.1 cm³/mol. The van der Waals surface area contributed by atoms with Crippen LogP contribution in [0.1, 0.15) is 13.3 Å². The summed E-state index contributed by atoms with van der Waals surface area (Å²) in [5, 5.41) is 18.8. The third kappa shape index (κ3) is 5.41. The highest BCUT2D eigenvalue weighted by Gasteiger charge is 2.17. The molecule has 4 nitrogen and oxygen atoms in total. The SMILES string of the molecule is CCCN1CC(O)C=CC1=O.Oc1ccc(Cl)c(Cl)c1. The molecule has 1 heterocycles. The van der Waals surface area contributed by atoms with Crippen LogP contribution in [0.15, 0.2) is 30.4 Å². The highest BCUT2D eigenvalue weighted by atomic mass is 35.5. The Hall–Kier alpha value is -1.23. The number of carbonyl (C=O) groups is 1. The number of aromatic hydroxyl groups is 1. The smallest absolute Gasteiger partial charge is 0.246 e. The van der Waals surface area contributed by atoms with Gasteiger partial charge in [0.15, 0.2) is 0 Å². The van der Waals surface area contributed by atoms with Crippen LogP contribution in [0.5, 0.6) is 5.75 Å². The number of phenols is 1. The van der Waals surface area contributed by atoms with Crippen LogP contribution in [-0.4, -0.2) is 40.2 Å². The molecule has 2 N–H and O–H groups in total. The zero-order valence-electron chi connectivity index (χ0n) is 11.1. The van der Waals surface area contributed by atoms with Crippen LogP contribution in [0, 0.1) is 0 Å². The Morgan fingerprint density at radius 3 is 2.60 bits per heavy atom. The number of benzene rings is 1. The molecule has 0 saturated heterocycles. The van der Waals surface area contributed by atoms with E-state index in [-0.39, 0.29) is 11.7 Å². The molecule has 1 unspecified atom stereocenters. The lowest BCUT2D eigenvalue weighted by molar-refractivity contribution is -0.128. The van der Waals surface area contributed by atoms with Gasteiger partial charge in [-0.3, -0.25) is 4.79 Å². The maximum atomic E-state index is 11.1. The molecular weight excluding hydrogens is 301 g/mol. The summed E-state index contributed by atoms with van der Waals surface area (Å²) in [5.41, 5.74) is 0. The van der Waals surface area contributed by atoms with Gasteiger partial charge in [0.2, 0.25) is 5.91 Å². The topological polar surface area (TPSA) is 60.8 Å². The van der Waals surface area contributed by atoms with E-state index in [9.17, 15) is 4.79 Å². The van der Waals surface area contributed by atoms with Crippen LogP contribution in [-0.2, 0) is 4.79 Å². The first-order valence-electron chi connectivity index (χ1n) is 6.23. The Morgan fingerprint density at radius 1 is 1.35 bits per heavy atom. The molecule has 0 fully saturated rings. The summed E-state index contributed by atoms with van der Waals surface area (Å²) in [4.78, 5) is 12.7. The Kier molecular flexibility index (Phi) is 6.85. The molecule has 0 saturated carbocycles. The maximum Gasteiger partial charge on any atom is 0.246 e. The van der Waals surface area contributed by atoms with Gasteiger partial charge in [0.05, 0.1) is 22.7 Å². The molecule has 1 amide bonds. The number of hydrogen-bond acceptors (Lipinski definition) is 3. The summed E-state index contributed by atoms with van der Waals surface area (Å²) in [6.45, 7) is 3.20. The fourth-order valence-electron chi connectivity index (χ4n) is 1.63. The minimum atomic E-state index is -0.473. The van der Waals surface area contributed by atoms with Gasteiger partial charge in [-0.15, -0.1) is 0 Å². The van der Waals surface area contributed by atoms with Gasteiger partial charge in [-0.1, -0.05) is 30.1 Å². The van der Waals surface area contributed by atoms with E-state index in [1.165, 1.54) is 24.3 Å². The molecule has 1 aromatic carbocycles. The van der Waals surface area contributed by atoms with E-state index in [0.29, 0.717) is 16.6 Å². The van der Waals surface area contributed by atoms with Crippen molar-refractivity contribution in [2.75, 3.05) is 13.1 Å². The Bertz CT molecular complexity index is 491. The highest BCUT2D eigenvalue weighted by molar-refractivity contribution is 6.42. The van der Waals surface area contributed by atoms with Crippen molar-refractivity contribution in [3.63, 3.8) is 0 Å². The number of nitrogens with zero attached hydrogens (tertiary/aromatic N) is 1. The fraction of sp³-hybridized carbons (Fsp3) is 0.357. The van der Waals surface area contributed by atoms with E-state index in [2.05, 4.69) is 0 Å². The first-order chi connectivity index (χ1) is 9.43. The Balaban J connectivity index is 0.000000204. The quantitative estimate of drug-likeness (QED) is 0.881. The molecule has 6 heteroatoms. The molecule has 1 aliphatic heterocycles. The van der Waals surface area contributed by atoms with Crippen LogP contribution < -0.4 is 0 Å². The molecule has 0 radical (unpaired) electrons. The number of amides is 1. The van der Waals surface area contributed by atoms with Crippen LogP contribution in [0.3, 0.4) is 0 Å². The van der Waals surface area contributed by atoms with E-state index in [4.69, 9.17) is 33.4 Å². The number of hydrogen-bond donors (Lipinski definition) is 2. The monoisotopic (exact) mass is 317 g/mol. The number of β-amino-alcohol motifs (C(OH)–C–C–N with tert-alkyl or cyclic N) is 1. The van der Waals surface area contributed by atoms with E-state index in [1.807, 2.05) is 6.92 Å². The minimum Gasteiger partial charge on any atom is -0.508 e. The molecule has 110 valence electrons. The maximum absolute atomic E-state index is 11.1. The van der Waals surface area contributed by atoms with Crippen LogP contribution in [0.4, 0.5) is 0 Å². The number of phenolic OH excluding ortho intramolecular Hbond substituents is 1. The number of carbonyl (C=O) groups excluding carboxylic acids is 1. The lowest BCUT2D eigenvalue weighted by Crippen LogP contribution is -2.39. The average molecular weight is 318 g/mol. The van der Waals surface area contributed by atoms with Gasteiger partial charge >= 0.3 is 0 Å². The second-order valence-corrected chi connectivity index (χ2v) is 5.12. The molecule has 0 aromatic heterocycles. The molecule has 1 aliphatic rings. The summed E-state index contributed by atoms with van der Waals surface area (Å²) in [5.74, 6) is 0.140. The van der Waals surface area contributed by atoms with Crippen molar-refractivity contribution in [1.29, 1.82) is 0 Å². The van der Waals surface area contributed by atoms with E-state index in [0.717, 1.165) is 13.0 Å². The van der Waals surface area contributed by atoms with Crippen molar-refractivity contribution >= 4 is 29.1 Å². The Morgan fingerprint density at radius 2 is 2.05 bits per heavy atom. The number of aliphatic hydroxyl groups is 1. The van der Waals surface area contributed by atoms with Crippen molar-refractivity contribution in [2.45, 2.75) is 19.4 Å². The molecule has 0 bridgehead atoms. The molecule has 2 rings (SSSR count). The van der Waals surface area contributed by atoms with Gasteiger partial charge in [-0.05, 0) is 30.7 Å². The van der Waals surface area contributed by atoms with Gasteiger partial charge < -0.3 is 15.1 Å². The average Bonchev–Trinajstić information content (AvgIpc) is 2.40. The van der Waals surface area contributed by atoms with Gasteiger partial charge in [0.25, 0.3) is 0 Å². The molecule has 1 atom stereocenters.